The van der Waals surface area contributed by atoms with Crippen LogP contribution in [0.5, 0.6) is 5.75 Å². The number of fused-ring (bicyclic) bond motifs is 1. The monoisotopic (exact) mass is 336 g/mol. The number of carbonyl (C=O) groups is 2. The first-order valence-electron chi connectivity index (χ1n) is 8.06. The lowest BCUT2D eigenvalue weighted by atomic mass is 9.86. The lowest BCUT2D eigenvalue weighted by Crippen LogP contribution is -2.49. The van der Waals surface area contributed by atoms with Crippen molar-refractivity contribution in [3.05, 3.63) is 23.2 Å². The van der Waals surface area contributed by atoms with Gasteiger partial charge in [-0.05, 0) is 37.0 Å². The molecule has 1 aliphatic heterocycles. The van der Waals surface area contributed by atoms with E-state index in [9.17, 15) is 9.59 Å². The predicted octanol–water partition coefficient (Wildman–Crippen LogP) is 2.76. The maximum atomic E-state index is 12.4. The van der Waals surface area contributed by atoms with Crippen molar-refractivity contribution in [3.8, 4) is 5.75 Å². The summed E-state index contributed by atoms with van der Waals surface area (Å²) in [5.41, 5.74) is 0.556. The number of nitrogens with one attached hydrogen (secondary N) is 1. The molecule has 23 heavy (non-hydrogen) atoms. The Labute approximate surface area is 140 Å². The Balaban J connectivity index is 1.70. The molecule has 0 bridgehead atoms. The SMILES string of the molecule is C[C@@H]1CCCC[C@H]1NC(=O)CN1C(=O)COc2ccc(Cl)cc21. The van der Waals surface area contributed by atoms with Gasteiger partial charge < -0.3 is 10.1 Å². The molecule has 1 fully saturated rings. The van der Waals surface area contributed by atoms with E-state index in [1.54, 1.807) is 18.2 Å². The van der Waals surface area contributed by atoms with E-state index in [1.807, 2.05) is 0 Å². The van der Waals surface area contributed by atoms with E-state index < -0.39 is 0 Å². The van der Waals surface area contributed by atoms with Gasteiger partial charge in [-0.3, -0.25) is 14.5 Å². The van der Waals surface area contributed by atoms with Gasteiger partial charge in [0.1, 0.15) is 12.3 Å². The van der Waals surface area contributed by atoms with E-state index in [2.05, 4.69) is 12.2 Å². The third-order valence-corrected chi connectivity index (χ3v) is 4.86. The third kappa shape index (κ3) is 3.61. The fourth-order valence-corrected chi connectivity index (χ4v) is 3.44. The van der Waals surface area contributed by atoms with Gasteiger partial charge in [0.25, 0.3) is 5.91 Å². The van der Waals surface area contributed by atoms with Crippen molar-refractivity contribution in [3.63, 3.8) is 0 Å². The van der Waals surface area contributed by atoms with Crippen LogP contribution in [-0.4, -0.2) is 31.0 Å². The number of anilines is 1. The van der Waals surface area contributed by atoms with Gasteiger partial charge in [-0.25, -0.2) is 0 Å². The lowest BCUT2D eigenvalue weighted by Gasteiger charge is -2.32. The second-order valence-electron chi connectivity index (χ2n) is 6.32. The first kappa shape index (κ1) is 16.1. The maximum Gasteiger partial charge on any atom is 0.265 e. The second kappa shape index (κ2) is 6.79. The highest BCUT2D eigenvalue weighted by Gasteiger charge is 2.29. The molecule has 2 aliphatic rings. The zero-order chi connectivity index (χ0) is 16.4. The summed E-state index contributed by atoms with van der Waals surface area (Å²) in [4.78, 5) is 26.0. The van der Waals surface area contributed by atoms with E-state index in [4.69, 9.17) is 16.3 Å². The number of hydrogen-bond acceptors (Lipinski definition) is 3. The number of nitrogens with zero attached hydrogens (tertiary/aromatic N) is 1. The Morgan fingerprint density at radius 1 is 1.39 bits per heavy atom. The smallest absolute Gasteiger partial charge is 0.265 e. The molecule has 0 radical (unpaired) electrons. The molecule has 0 unspecified atom stereocenters. The zero-order valence-corrected chi connectivity index (χ0v) is 13.9. The van der Waals surface area contributed by atoms with Crippen LogP contribution in [0.4, 0.5) is 5.69 Å². The van der Waals surface area contributed by atoms with E-state index in [0.717, 1.165) is 19.3 Å². The Morgan fingerprint density at radius 2 is 2.17 bits per heavy atom. The Morgan fingerprint density at radius 3 is 2.96 bits per heavy atom. The van der Waals surface area contributed by atoms with Crippen molar-refractivity contribution in [2.45, 2.75) is 38.6 Å². The number of ether oxygens (including phenoxy) is 1. The number of benzene rings is 1. The minimum Gasteiger partial charge on any atom is -0.482 e. The molecule has 1 N–H and O–H groups in total. The molecule has 2 atom stereocenters. The standard InChI is InChI=1S/C17H21ClN2O3/c1-11-4-2-3-5-13(11)19-16(21)9-20-14-8-12(18)6-7-15(14)23-10-17(20)22/h6-8,11,13H,2-5,9-10H2,1H3,(H,19,21)/t11-,13-/m1/s1. The number of hydrogen-bond donors (Lipinski definition) is 1. The van der Waals surface area contributed by atoms with Crippen molar-refractivity contribution in [2.75, 3.05) is 18.1 Å². The first-order valence-corrected chi connectivity index (χ1v) is 8.44. The van der Waals surface area contributed by atoms with Gasteiger partial charge in [0.2, 0.25) is 5.91 Å². The molecule has 1 aliphatic carbocycles. The lowest BCUT2D eigenvalue weighted by molar-refractivity contribution is -0.126. The highest BCUT2D eigenvalue weighted by molar-refractivity contribution is 6.31. The van der Waals surface area contributed by atoms with Crippen molar-refractivity contribution >= 4 is 29.1 Å². The minimum absolute atomic E-state index is 0.00123. The Hall–Kier alpha value is -1.75. The highest BCUT2D eigenvalue weighted by Crippen LogP contribution is 2.34. The van der Waals surface area contributed by atoms with Crippen molar-refractivity contribution in [2.24, 2.45) is 5.92 Å². The molecule has 6 heteroatoms. The molecule has 0 spiro atoms. The van der Waals surface area contributed by atoms with Gasteiger partial charge in [-0.2, -0.15) is 0 Å². The quantitative estimate of drug-likeness (QED) is 0.923. The van der Waals surface area contributed by atoms with E-state index in [-0.39, 0.29) is 31.0 Å². The second-order valence-corrected chi connectivity index (χ2v) is 6.75. The van der Waals surface area contributed by atoms with Gasteiger partial charge in [-0.1, -0.05) is 31.4 Å². The molecule has 1 heterocycles. The molecule has 1 saturated carbocycles. The Bertz CT molecular complexity index is 620. The van der Waals surface area contributed by atoms with Crippen LogP contribution in [0.3, 0.4) is 0 Å². The number of amides is 2. The molecule has 124 valence electrons. The largest absolute Gasteiger partial charge is 0.482 e. The number of carbonyl (C=O) groups excluding carboxylic acids is 2. The molecule has 5 nitrogen and oxygen atoms in total. The van der Waals surface area contributed by atoms with E-state index in [1.165, 1.54) is 11.3 Å². The molecular formula is C17H21ClN2O3. The van der Waals surface area contributed by atoms with Gasteiger partial charge >= 0.3 is 0 Å². The van der Waals surface area contributed by atoms with Crippen LogP contribution in [0.25, 0.3) is 0 Å². The van der Waals surface area contributed by atoms with Gasteiger partial charge in [0.15, 0.2) is 6.61 Å². The molecule has 1 aromatic rings. The molecule has 2 amide bonds. The number of halogens is 1. The fraction of sp³-hybridized carbons (Fsp3) is 0.529. The summed E-state index contributed by atoms with van der Waals surface area (Å²) < 4.78 is 5.39. The van der Waals surface area contributed by atoms with Crippen LogP contribution in [0.1, 0.15) is 32.6 Å². The molecule has 0 aromatic heterocycles. The minimum atomic E-state index is -0.230. The summed E-state index contributed by atoms with van der Waals surface area (Å²) in [6.07, 6.45) is 4.51. The predicted molar refractivity (Wildman–Crippen MR) is 88.9 cm³/mol. The summed E-state index contributed by atoms with van der Waals surface area (Å²) in [5.74, 6) is 0.694. The average molecular weight is 337 g/mol. The van der Waals surface area contributed by atoms with E-state index >= 15 is 0 Å². The van der Waals surface area contributed by atoms with Crippen LogP contribution in [0.2, 0.25) is 5.02 Å². The highest BCUT2D eigenvalue weighted by atomic mass is 35.5. The molecule has 3 rings (SSSR count). The van der Waals surface area contributed by atoms with Crippen LogP contribution >= 0.6 is 11.6 Å². The van der Waals surface area contributed by atoms with Crippen LogP contribution in [0, 0.1) is 5.92 Å². The summed E-state index contributed by atoms with van der Waals surface area (Å²) in [7, 11) is 0. The van der Waals surface area contributed by atoms with Gasteiger partial charge in [-0.15, -0.1) is 0 Å². The summed E-state index contributed by atoms with van der Waals surface area (Å²) in [6, 6.07) is 5.28. The topological polar surface area (TPSA) is 58.6 Å². The van der Waals surface area contributed by atoms with Crippen molar-refractivity contribution in [1.82, 2.24) is 5.32 Å². The normalized spacial score (nSPS) is 23.9. The van der Waals surface area contributed by atoms with Crippen molar-refractivity contribution in [1.29, 1.82) is 0 Å². The third-order valence-electron chi connectivity index (χ3n) is 4.62. The molecule has 1 aromatic carbocycles. The van der Waals surface area contributed by atoms with E-state index in [0.29, 0.717) is 22.4 Å². The van der Waals surface area contributed by atoms with Crippen LogP contribution in [-0.2, 0) is 9.59 Å². The van der Waals surface area contributed by atoms with Crippen LogP contribution in [0.15, 0.2) is 18.2 Å². The first-order chi connectivity index (χ1) is 11.0. The van der Waals surface area contributed by atoms with Gasteiger partial charge in [0, 0.05) is 11.1 Å². The molecular weight excluding hydrogens is 316 g/mol. The zero-order valence-electron chi connectivity index (χ0n) is 13.2. The fourth-order valence-electron chi connectivity index (χ4n) is 3.28. The van der Waals surface area contributed by atoms with Gasteiger partial charge in [0.05, 0.1) is 5.69 Å². The van der Waals surface area contributed by atoms with Crippen molar-refractivity contribution < 1.29 is 14.3 Å². The maximum absolute atomic E-state index is 12.4. The Kier molecular flexibility index (Phi) is 4.76. The number of rotatable bonds is 3. The summed E-state index contributed by atoms with van der Waals surface area (Å²) in [6.45, 7) is 2.11. The van der Waals surface area contributed by atoms with Crippen LogP contribution < -0.4 is 15.0 Å². The molecule has 0 saturated heterocycles. The summed E-state index contributed by atoms with van der Waals surface area (Å²) >= 11 is 6.01. The summed E-state index contributed by atoms with van der Waals surface area (Å²) in [5, 5.41) is 3.58. The average Bonchev–Trinajstić information content (AvgIpc) is 2.52.